The molecule has 0 N–H and O–H groups in total. The first-order valence-corrected chi connectivity index (χ1v) is 9.07. The van der Waals surface area contributed by atoms with Crippen LogP contribution in [0.15, 0.2) is 43.0 Å². The minimum Gasteiger partial charge on any atom is -0.493 e. The van der Waals surface area contributed by atoms with Gasteiger partial charge in [-0.2, -0.15) is 0 Å². The van der Waals surface area contributed by atoms with E-state index in [1.54, 1.807) is 38.3 Å². The number of hydrogen-bond donors (Lipinski definition) is 0. The fourth-order valence-electron chi connectivity index (χ4n) is 3.23. The van der Waals surface area contributed by atoms with E-state index in [2.05, 4.69) is 6.58 Å². The first-order valence-electron chi connectivity index (χ1n) is 9.07. The molecule has 6 nitrogen and oxygen atoms in total. The molecule has 0 saturated carbocycles. The Balaban J connectivity index is 1.82. The van der Waals surface area contributed by atoms with E-state index in [9.17, 15) is 4.79 Å². The molecule has 0 atom stereocenters. The van der Waals surface area contributed by atoms with Gasteiger partial charge in [-0.25, -0.2) is 0 Å². The number of carbonyl (C=O) groups is 1. The monoisotopic (exact) mass is 383 g/mol. The molecule has 0 bridgehead atoms. The minimum atomic E-state index is -0.110. The zero-order chi connectivity index (χ0) is 20.1. The Hall–Kier alpha value is -3.15. The van der Waals surface area contributed by atoms with E-state index in [0.717, 1.165) is 16.9 Å². The van der Waals surface area contributed by atoms with E-state index in [4.69, 9.17) is 18.9 Å². The van der Waals surface area contributed by atoms with E-state index in [1.165, 1.54) is 0 Å². The lowest BCUT2D eigenvalue weighted by atomic mass is 10.0. The number of rotatable bonds is 7. The predicted molar refractivity (Wildman–Crippen MR) is 107 cm³/mol. The molecule has 1 heterocycles. The summed E-state index contributed by atoms with van der Waals surface area (Å²) >= 11 is 0. The first-order chi connectivity index (χ1) is 13.6. The molecule has 3 rings (SSSR count). The Morgan fingerprint density at radius 2 is 1.89 bits per heavy atom. The van der Waals surface area contributed by atoms with E-state index in [-0.39, 0.29) is 5.91 Å². The molecule has 0 aliphatic carbocycles. The zero-order valence-electron chi connectivity index (χ0n) is 16.5. The van der Waals surface area contributed by atoms with Crippen LogP contribution in [0.2, 0.25) is 0 Å². The SMILES string of the molecule is C=CCc1cc(C(=O)N(C)Cc2ccc3c(c2)OCCO3)cc(OC)c1OC. The van der Waals surface area contributed by atoms with Gasteiger partial charge in [0.15, 0.2) is 23.0 Å². The van der Waals surface area contributed by atoms with Gasteiger partial charge < -0.3 is 23.8 Å². The van der Waals surface area contributed by atoms with Crippen molar-refractivity contribution in [3.63, 3.8) is 0 Å². The van der Waals surface area contributed by atoms with Gasteiger partial charge in [0.05, 0.1) is 14.2 Å². The van der Waals surface area contributed by atoms with Crippen LogP contribution in [0.25, 0.3) is 0 Å². The predicted octanol–water partition coefficient (Wildman–Crippen LogP) is 3.48. The summed E-state index contributed by atoms with van der Waals surface area (Å²) in [6.07, 6.45) is 2.34. The highest BCUT2D eigenvalue weighted by Crippen LogP contribution is 2.34. The van der Waals surface area contributed by atoms with Crippen LogP contribution in [0.5, 0.6) is 23.0 Å². The number of methoxy groups -OCH3 is 2. The van der Waals surface area contributed by atoms with Crippen LogP contribution >= 0.6 is 0 Å². The largest absolute Gasteiger partial charge is 0.493 e. The van der Waals surface area contributed by atoms with Gasteiger partial charge in [-0.05, 0) is 36.2 Å². The van der Waals surface area contributed by atoms with Crippen molar-refractivity contribution in [2.75, 3.05) is 34.5 Å². The fourth-order valence-corrected chi connectivity index (χ4v) is 3.23. The third-order valence-electron chi connectivity index (χ3n) is 4.54. The van der Waals surface area contributed by atoms with Crippen molar-refractivity contribution in [2.24, 2.45) is 0 Å². The smallest absolute Gasteiger partial charge is 0.254 e. The number of fused-ring (bicyclic) bond motifs is 1. The van der Waals surface area contributed by atoms with Gasteiger partial charge in [0, 0.05) is 24.7 Å². The summed E-state index contributed by atoms with van der Waals surface area (Å²) in [7, 11) is 4.91. The quantitative estimate of drug-likeness (QED) is 0.685. The summed E-state index contributed by atoms with van der Waals surface area (Å²) in [6, 6.07) is 9.26. The molecule has 6 heteroatoms. The van der Waals surface area contributed by atoms with Gasteiger partial charge in [0.2, 0.25) is 0 Å². The summed E-state index contributed by atoms with van der Waals surface area (Å²) in [5.74, 6) is 2.48. The van der Waals surface area contributed by atoms with Crippen LogP contribution in [-0.2, 0) is 13.0 Å². The van der Waals surface area contributed by atoms with Crippen LogP contribution in [0.1, 0.15) is 21.5 Å². The van der Waals surface area contributed by atoms with Crippen LogP contribution in [0.4, 0.5) is 0 Å². The van der Waals surface area contributed by atoms with Crippen molar-refractivity contribution in [1.82, 2.24) is 4.90 Å². The second-order valence-electron chi connectivity index (χ2n) is 6.50. The second kappa shape index (κ2) is 8.69. The van der Waals surface area contributed by atoms with Crippen molar-refractivity contribution in [3.05, 3.63) is 59.7 Å². The number of nitrogens with zero attached hydrogens (tertiary/aromatic N) is 1. The summed E-state index contributed by atoms with van der Waals surface area (Å²) < 4.78 is 22.0. The highest BCUT2D eigenvalue weighted by Gasteiger charge is 2.19. The van der Waals surface area contributed by atoms with E-state index < -0.39 is 0 Å². The van der Waals surface area contributed by atoms with Crippen molar-refractivity contribution < 1.29 is 23.7 Å². The molecular weight excluding hydrogens is 358 g/mol. The molecule has 0 radical (unpaired) electrons. The molecule has 0 aromatic heterocycles. The van der Waals surface area contributed by atoms with Crippen molar-refractivity contribution in [1.29, 1.82) is 0 Å². The average molecular weight is 383 g/mol. The fraction of sp³-hybridized carbons (Fsp3) is 0.318. The molecule has 1 aliphatic rings. The van der Waals surface area contributed by atoms with Crippen LogP contribution < -0.4 is 18.9 Å². The second-order valence-corrected chi connectivity index (χ2v) is 6.50. The molecule has 0 fully saturated rings. The minimum absolute atomic E-state index is 0.110. The third kappa shape index (κ3) is 4.06. The lowest BCUT2D eigenvalue weighted by Gasteiger charge is -2.22. The van der Waals surface area contributed by atoms with E-state index >= 15 is 0 Å². The Bertz CT molecular complexity index is 877. The molecule has 0 unspecified atom stereocenters. The number of carbonyl (C=O) groups excluding carboxylic acids is 1. The lowest BCUT2D eigenvalue weighted by molar-refractivity contribution is 0.0784. The van der Waals surface area contributed by atoms with Gasteiger partial charge in [-0.3, -0.25) is 4.79 Å². The average Bonchev–Trinajstić information content (AvgIpc) is 2.72. The van der Waals surface area contributed by atoms with Crippen molar-refractivity contribution in [2.45, 2.75) is 13.0 Å². The molecule has 0 saturated heterocycles. The summed E-state index contributed by atoms with van der Waals surface area (Å²) in [5, 5.41) is 0. The number of benzene rings is 2. The standard InChI is InChI=1S/C22H25NO5/c1-5-6-16-12-17(13-20(25-3)21(16)26-4)22(24)23(2)14-15-7-8-18-19(11-15)28-10-9-27-18/h5,7-8,11-13H,1,6,9-10,14H2,2-4H3. The van der Waals surface area contributed by atoms with Crippen molar-refractivity contribution in [3.8, 4) is 23.0 Å². The maximum atomic E-state index is 13.0. The Morgan fingerprint density at radius 1 is 1.14 bits per heavy atom. The summed E-state index contributed by atoms with van der Waals surface area (Å²) in [4.78, 5) is 14.7. The summed E-state index contributed by atoms with van der Waals surface area (Å²) in [5.41, 5.74) is 2.36. The van der Waals surface area contributed by atoms with Crippen LogP contribution in [-0.4, -0.2) is 45.3 Å². The van der Waals surface area contributed by atoms with E-state index in [1.807, 2.05) is 24.3 Å². The number of ether oxygens (including phenoxy) is 4. The molecule has 28 heavy (non-hydrogen) atoms. The topological polar surface area (TPSA) is 57.2 Å². The maximum Gasteiger partial charge on any atom is 0.254 e. The first kappa shape index (κ1) is 19.6. The molecular formula is C22H25NO5. The normalized spacial score (nSPS) is 12.2. The van der Waals surface area contributed by atoms with Gasteiger partial charge in [0.25, 0.3) is 5.91 Å². The maximum absolute atomic E-state index is 13.0. The zero-order valence-corrected chi connectivity index (χ0v) is 16.5. The molecule has 2 aromatic carbocycles. The number of allylic oxidation sites excluding steroid dienone is 1. The van der Waals surface area contributed by atoms with Crippen LogP contribution in [0.3, 0.4) is 0 Å². The molecule has 0 spiro atoms. The molecule has 1 aliphatic heterocycles. The number of amides is 1. The van der Waals surface area contributed by atoms with Crippen molar-refractivity contribution >= 4 is 5.91 Å². The van der Waals surface area contributed by atoms with Gasteiger partial charge in [-0.15, -0.1) is 6.58 Å². The Kier molecular flexibility index (Phi) is 6.09. The third-order valence-corrected chi connectivity index (χ3v) is 4.54. The Labute approximate surface area is 165 Å². The Morgan fingerprint density at radius 3 is 2.57 bits per heavy atom. The summed E-state index contributed by atoms with van der Waals surface area (Å²) in [6.45, 7) is 5.30. The van der Waals surface area contributed by atoms with Gasteiger partial charge in [-0.1, -0.05) is 12.1 Å². The van der Waals surface area contributed by atoms with Gasteiger partial charge in [0.1, 0.15) is 13.2 Å². The number of hydrogen-bond acceptors (Lipinski definition) is 5. The molecule has 148 valence electrons. The highest BCUT2D eigenvalue weighted by molar-refractivity contribution is 5.95. The van der Waals surface area contributed by atoms with Gasteiger partial charge >= 0.3 is 0 Å². The van der Waals surface area contributed by atoms with Crippen LogP contribution in [0, 0.1) is 0 Å². The molecule has 1 amide bonds. The highest BCUT2D eigenvalue weighted by atomic mass is 16.6. The van der Waals surface area contributed by atoms with E-state index in [0.29, 0.717) is 49.0 Å². The molecule has 2 aromatic rings. The lowest BCUT2D eigenvalue weighted by Crippen LogP contribution is -2.26.